The number of carbonyl (C=O) groups is 1. The fourth-order valence-corrected chi connectivity index (χ4v) is 5.46. The third-order valence-corrected chi connectivity index (χ3v) is 7.13. The highest BCUT2D eigenvalue weighted by atomic mass is 32.2. The maximum Gasteiger partial charge on any atom is 0.268 e. The van der Waals surface area contributed by atoms with Crippen molar-refractivity contribution in [3.63, 3.8) is 0 Å². The third-order valence-electron chi connectivity index (χ3n) is 6.41. The lowest BCUT2D eigenvalue weighted by molar-refractivity contribution is -0.126. The summed E-state index contributed by atoms with van der Waals surface area (Å²) < 4.78 is 6.25. The van der Waals surface area contributed by atoms with Gasteiger partial charge in [-0.15, -0.1) is 11.8 Å². The minimum absolute atomic E-state index is 0.0379. The fraction of sp³-hybridized carbons (Fsp3) is 0.526. The van der Waals surface area contributed by atoms with E-state index in [1.165, 1.54) is 4.90 Å². The van der Waals surface area contributed by atoms with Crippen LogP contribution in [0.3, 0.4) is 0 Å². The number of aliphatic hydroxyl groups is 1. The van der Waals surface area contributed by atoms with Gasteiger partial charge in [0, 0.05) is 28.6 Å². The standard InChI is InChI=1S/C19H22N2O3S/c1-25-13-4-3-12-7-15(20-14(12)8-13)16(23)21-18-9-17(10-18,11-22)24-19(18)5-2-6-19/h3-4,7-8,20,22H,2,5-6,9-11H2,1H3,(H,21,23). The van der Waals surface area contributed by atoms with Gasteiger partial charge in [-0.3, -0.25) is 4.79 Å². The van der Waals surface area contributed by atoms with Crippen molar-refractivity contribution in [3.05, 3.63) is 30.0 Å². The van der Waals surface area contributed by atoms with E-state index in [-0.39, 0.29) is 23.7 Å². The normalized spacial score (nSPS) is 31.8. The van der Waals surface area contributed by atoms with E-state index in [4.69, 9.17) is 4.74 Å². The van der Waals surface area contributed by atoms with Gasteiger partial charge in [0.15, 0.2) is 0 Å². The molecule has 3 N–H and O–H groups in total. The molecule has 4 aliphatic rings. The second kappa shape index (κ2) is 5.02. The average Bonchev–Trinajstić information content (AvgIpc) is 3.18. The van der Waals surface area contributed by atoms with Crippen molar-refractivity contribution in [2.24, 2.45) is 0 Å². The summed E-state index contributed by atoms with van der Waals surface area (Å²) in [6, 6.07) is 8.09. The number of fused-ring (bicyclic) bond motifs is 1. The summed E-state index contributed by atoms with van der Waals surface area (Å²) in [4.78, 5) is 17.3. The fourth-order valence-electron chi connectivity index (χ4n) is 5.02. The van der Waals surface area contributed by atoms with Crippen LogP contribution in [0.4, 0.5) is 0 Å². The Labute approximate surface area is 150 Å². The van der Waals surface area contributed by atoms with Crippen molar-refractivity contribution >= 4 is 28.6 Å². The quantitative estimate of drug-likeness (QED) is 0.735. The molecule has 1 amide bonds. The smallest absolute Gasteiger partial charge is 0.268 e. The number of carbonyl (C=O) groups excluding carboxylic acids is 1. The Hall–Kier alpha value is -1.50. The van der Waals surface area contributed by atoms with Crippen molar-refractivity contribution in [2.75, 3.05) is 12.9 Å². The number of H-pyrrole nitrogens is 1. The molecule has 2 saturated heterocycles. The van der Waals surface area contributed by atoms with E-state index in [1.54, 1.807) is 11.8 Å². The molecule has 1 spiro atoms. The lowest BCUT2D eigenvalue weighted by Gasteiger charge is -2.51. The van der Waals surface area contributed by atoms with Crippen LogP contribution < -0.4 is 5.32 Å². The zero-order valence-electron chi connectivity index (χ0n) is 14.2. The molecule has 2 bridgehead atoms. The number of hydrogen-bond donors (Lipinski definition) is 3. The van der Waals surface area contributed by atoms with Crippen LogP contribution in [0.1, 0.15) is 42.6 Å². The van der Waals surface area contributed by atoms with E-state index in [1.807, 2.05) is 18.4 Å². The highest BCUT2D eigenvalue weighted by Gasteiger charge is 2.76. The molecule has 5 nitrogen and oxygen atoms in total. The predicted octanol–water partition coefficient (Wildman–Crippen LogP) is 2.84. The number of rotatable bonds is 4. The van der Waals surface area contributed by atoms with Gasteiger partial charge in [-0.05, 0) is 43.7 Å². The molecule has 132 valence electrons. The molecule has 0 atom stereocenters. The number of nitrogens with one attached hydrogen (secondary N) is 2. The molecular formula is C19H22N2O3S. The topological polar surface area (TPSA) is 74.3 Å². The summed E-state index contributed by atoms with van der Waals surface area (Å²) in [5.41, 5.74) is 0.566. The highest BCUT2D eigenvalue weighted by molar-refractivity contribution is 7.98. The van der Waals surface area contributed by atoms with E-state index in [0.29, 0.717) is 5.69 Å². The molecule has 0 unspecified atom stereocenters. The van der Waals surface area contributed by atoms with Crippen molar-refractivity contribution < 1.29 is 14.6 Å². The van der Waals surface area contributed by atoms with Crippen LogP contribution in [-0.4, -0.2) is 45.6 Å². The summed E-state index contributed by atoms with van der Waals surface area (Å²) >= 11 is 1.68. The monoisotopic (exact) mass is 358 g/mol. The van der Waals surface area contributed by atoms with E-state index in [0.717, 1.165) is 43.0 Å². The summed E-state index contributed by atoms with van der Waals surface area (Å²) in [6.07, 6.45) is 6.55. The lowest BCUT2D eigenvalue weighted by Crippen LogP contribution is -2.68. The number of hydrogen-bond acceptors (Lipinski definition) is 4. The lowest BCUT2D eigenvalue weighted by atomic mass is 9.56. The molecule has 25 heavy (non-hydrogen) atoms. The second-order valence-electron chi connectivity index (χ2n) is 7.82. The number of thioether (sulfide) groups is 1. The van der Waals surface area contributed by atoms with Crippen LogP contribution in [-0.2, 0) is 4.74 Å². The molecule has 1 aromatic carbocycles. The van der Waals surface area contributed by atoms with E-state index >= 15 is 0 Å². The van der Waals surface area contributed by atoms with Crippen LogP contribution >= 0.6 is 11.8 Å². The Balaban J connectivity index is 1.42. The Morgan fingerprint density at radius 2 is 2.16 bits per heavy atom. The summed E-state index contributed by atoms with van der Waals surface area (Å²) in [6.45, 7) is 0.0379. The first-order valence-electron chi connectivity index (χ1n) is 8.83. The molecule has 0 radical (unpaired) electrons. The van der Waals surface area contributed by atoms with Gasteiger partial charge >= 0.3 is 0 Å². The minimum atomic E-state index is -0.429. The first-order chi connectivity index (χ1) is 12.0. The number of benzene rings is 1. The molecule has 2 aliphatic carbocycles. The summed E-state index contributed by atoms with van der Waals surface area (Å²) in [5.74, 6) is -0.0785. The molecule has 3 heterocycles. The van der Waals surface area contributed by atoms with Gasteiger partial charge in [-0.2, -0.15) is 0 Å². The zero-order valence-corrected chi connectivity index (χ0v) is 15.0. The predicted molar refractivity (Wildman–Crippen MR) is 97.0 cm³/mol. The second-order valence-corrected chi connectivity index (χ2v) is 8.70. The first-order valence-corrected chi connectivity index (χ1v) is 10.1. The van der Waals surface area contributed by atoms with Crippen molar-refractivity contribution in [2.45, 2.75) is 53.7 Å². The SMILES string of the molecule is CSc1ccc2cc(C(=O)NC34CC(CO)(C3)OC43CCC3)[nH]c2c1. The molecular weight excluding hydrogens is 336 g/mol. The third kappa shape index (κ3) is 2.02. The number of ether oxygens (including phenoxy) is 1. The van der Waals surface area contributed by atoms with Gasteiger partial charge < -0.3 is 20.1 Å². The summed E-state index contributed by atoms with van der Waals surface area (Å²) in [7, 11) is 0. The van der Waals surface area contributed by atoms with Crippen LogP contribution in [0, 0.1) is 0 Å². The largest absolute Gasteiger partial charge is 0.393 e. The van der Waals surface area contributed by atoms with Crippen molar-refractivity contribution in [1.82, 2.24) is 10.3 Å². The molecule has 2 aromatic rings. The Morgan fingerprint density at radius 1 is 1.36 bits per heavy atom. The number of aromatic nitrogens is 1. The first kappa shape index (κ1) is 15.7. The Kier molecular flexibility index (Phi) is 3.16. The molecule has 4 fully saturated rings. The van der Waals surface area contributed by atoms with E-state index < -0.39 is 5.60 Å². The Bertz CT molecular complexity index is 865. The molecule has 1 aromatic heterocycles. The Morgan fingerprint density at radius 3 is 2.80 bits per heavy atom. The van der Waals surface area contributed by atoms with Crippen LogP contribution in [0.5, 0.6) is 0 Å². The minimum Gasteiger partial charge on any atom is -0.393 e. The van der Waals surface area contributed by atoms with Crippen molar-refractivity contribution in [3.8, 4) is 0 Å². The highest BCUT2D eigenvalue weighted by Crippen LogP contribution is 2.66. The molecule has 2 aliphatic heterocycles. The maximum absolute atomic E-state index is 12.9. The van der Waals surface area contributed by atoms with Crippen molar-refractivity contribution in [1.29, 1.82) is 0 Å². The van der Waals surface area contributed by atoms with Gasteiger partial charge in [-0.25, -0.2) is 0 Å². The number of aromatic amines is 1. The van der Waals surface area contributed by atoms with Crippen LogP contribution in [0.15, 0.2) is 29.2 Å². The van der Waals surface area contributed by atoms with Gasteiger partial charge in [-0.1, -0.05) is 6.07 Å². The van der Waals surface area contributed by atoms with Gasteiger partial charge in [0.2, 0.25) is 0 Å². The van der Waals surface area contributed by atoms with Gasteiger partial charge in [0.25, 0.3) is 5.91 Å². The van der Waals surface area contributed by atoms with E-state index in [9.17, 15) is 9.90 Å². The summed E-state index contributed by atoms with van der Waals surface area (Å²) in [5, 5.41) is 14.0. The van der Waals surface area contributed by atoms with Crippen LogP contribution in [0.2, 0.25) is 0 Å². The average molecular weight is 358 g/mol. The number of aliphatic hydroxyl groups excluding tert-OH is 1. The molecule has 6 rings (SSSR count). The zero-order chi connectivity index (χ0) is 17.3. The maximum atomic E-state index is 12.9. The molecule has 2 saturated carbocycles. The molecule has 6 heteroatoms. The van der Waals surface area contributed by atoms with E-state index in [2.05, 4.69) is 22.4 Å². The van der Waals surface area contributed by atoms with Gasteiger partial charge in [0.1, 0.15) is 5.69 Å². The number of amides is 1. The van der Waals surface area contributed by atoms with Crippen LogP contribution in [0.25, 0.3) is 10.9 Å². The van der Waals surface area contributed by atoms with Gasteiger partial charge in [0.05, 0.1) is 23.3 Å².